The number of aromatic nitrogens is 2. The van der Waals surface area contributed by atoms with Crippen molar-refractivity contribution in [3.63, 3.8) is 0 Å². The minimum Gasteiger partial charge on any atom is -0.741 e. The number of hydrogen-bond donors (Lipinski definition) is 0. The second-order valence-electron chi connectivity index (χ2n) is 5.44. The van der Waals surface area contributed by atoms with Gasteiger partial charge in [-0.25, -0.2) is 18.4 Å². The van der Waals surface area contributed by atoms with Crippen molar-refractivity contribution in [2.24, 2.45) is 0 Å². The summed E-state index contributed by atoms with van der Waals surface area (Å²) < 4.78 is 90.5. The number of carboxylic acid groups (broad SMARTS) is 1. The molecule has 0 saturated heterocycles. The van der Waals surface area contributed by atoms with E-state index in [0.29, 0.717) is 0 Å². The monoisotopic (exact) mass is 534 g/mol. The van der Waals surface area contributed by atoms with Crippen LogP contribution in [0.2, 0.25) is 0 Å². The Balaban J connectivity index is 0.000000222. The quantitative estimate of drug-likeness (QED) is 0.195. The summed E-state index contributed by atoms with van der Waals surface area (Å²) >= 11 is 3.46. The fraction of sp³-hybridized carbons (Fsp3) is 0.118. The number of fused-ring (bicyclic) bond motifs is 2. The first-order valence-electron chi connectivity index (χ1n) is 8.11. The second kappa shape index (κ2) is 11.9. The minimum atomic E-state index is -6.09. The Morgan fingerprint density at radius 2 is 1.15 bits per heavy atom. The van der Waals surface area contributed by atoms with Crippen LogP contribution in [0.1, 0.15) is 0 Å². The van der Waals surface area contributed by atoms with Gasteiger partial charge in [-0.15, -0.1) is 0 Å². The molecule has 0 aliphatic carbocycles. The highest BCUT2D eigenvalue weighted by molar-refractivity contribution is 7.86. The smallest absolute Gasteiger partial charge is 0.485 e. The van der Waals surface area contributed by atoms with Gasteiger partial charge in [0, 0.05) is 12.1 Å². The molecule has 0 unspecified atom stereocenters. The number of carboxylic acids is 1. The molecule has 2 N–H and O–H groups in total. The largest absolute Gasteiger partial charge is 0.741 e. The van der Waals surface area contributed by atoms with Gasteiger partial charge in [-0.05, 0) is 35.0 Å². The van der Waals surface area contributed by atoms with E-state index in [1.165, 1.54) is 20.4 Å². The number of carbonyl (C=O) groups excluding carboxylic acids is 1. The summed E-state index contributed by atoms with van der Waals surface area (Å²) in [6.45, 7) is 0. The summed E-state index contributed by atoms with van der Waals surface area (Å²) in [6, 6.07) is 12.4. The highest BCUT2D eigenvalue weighted by Crippen LogP contribution is 2.20. The third-order valence-electron chi connectivity index (χ3n) is 3.08. The van der Waals surface area contributed by atoms with Gasteiger partial charge in [0.25, 0.3) is 9.66 Å². The maximum absolute atomic E-state index is 10.7. The lowest BCUT2D eigenvalue weighted by molar-refractivity contribution is -0.344. The fourth-order valence-electron chi connectivity index (χ4n) is 1.69. The van der Waals surface area contributed by atoms with E-state index in [1.54, 1.807) is 22.7 Å². The SMILES string of the molecule is O=C([O-])C(F)(F)F.O=S(=O)([O-])C(F)(F)F.c1c[nH+]c2sccc2c1.c1c[nH+]c2sccc2c1. The molecule has 0 saturated carbocycles. The molecule has 33 heavy (non-hydrogen) atoms. The summed E-state index contributed by atoms with van der Waals surface area (Å²) in [4.78, 5) is 17.6. The average molecular weight is 534 g/mol. The molecule has 0 aliphatic heterocycles. The normalized spacial score (nSPS) is 11.4. The van der Waals surface area contributed by atoms with E-state index >= 15 is 0 Å². The number of pyridine rings is 2. The Labute approximate surface area is 189 Å². The topological polar surface area (TPSA) is 126 Å². The molecule has 0 aromatic carbocycles. The van der Waals surface area contributed by atoms with E-state index in [4.69, 9.17) is 22.9 Å². The van der Waals surface area contributed by atoms with E-state index in [9.17, 15) is 26.3 Å². The first-order chi connectivity index (χ1) is 15.1. The number of hydrogen-bond acceptors (Lipinski definition) is 7. The highest BCUT2D eigenvalue weighted by atomic mass is 32.2. The van der Waals surface area contributed by atoms with Gasteiger partial charge in [0.1, 0.15) is 5.97 Å². The molecular weight excluding hydrogens is 522 g/mol. The predicted octanol–water partition coefficient (Wildman–Crippen LogP) is 2.78. The molecule has 0 bridgehead atoms. The number of aliphatic carboxylic acids is 1. The zero-order valence-electron chi connectivity index (χ0n) is 15.8. The number of thiophene rings is 2. The van der Waals surface area contributed by atoms with Gasteiger partial charge in [0.2, 0.25) is 0 Å². The van der Waals surface area contributed by atoms with Crippen molar-refractivity contribution in [1.82, 2.24) is 0 Å². The van der Waals surface area contributed by atoms with Gasteiger partial charge in [0.05, 0.1) is 10.8 Å². The standard InChI is InChI=1S/2C7H5NS.C2HF3O2.CHF3O3S/c2*1-2-6-3-5-9-7(6)8-4-1;3-2(4,5)1(6)7;2-1(3,4)8(5,6)7/h2*1-5H;(H,6,7);(H,5,6,7). The van der Waals surface area contributed by atoms with Crippen molar-refractivity contribution >= 4 is 59.2 Å². The maximum Gasteiger partial charge on any atom is 0.485 e. The lowest BCUT2D eigenvalue weighted by atomic mass is 10.4. The first kappa shape index (κ1) is 28.2. The van der Waals surface area contributed by atoms with Crippen LogP contribution in [-0.2, 0) is 14.9 Å². The van der Waals surface area contributed by atoms with Gasteiger partial charge in [-0.3, -0.25) is 0 Å². The maximum atomic E-state index is 10.7. The molecule has 4 heterocycles. The molecule has 4 aromatic rings. The summed E-state index contributed by atoms with van der Waals surface area (Å²) in [7, 11) is -6.09. The van der Waals surface area contributed by atoms with Crippen molar-refractivity contribution in [1.29, 1.82) is 0 Å². The number of rotatable bonds is 0. The Morgan fingerprint density at radius 1 is 0.818 bits per heavy atom. The van der Waals surface area contributed by atoms with Crippen LogP contribution in [0.25, 0.3) is 20.4 Å². The zero-order chi connectivity index (χ0) is 25.3. The molecule has 16 heteroatoms. The summed E-state index contributed by atoms with van der Waals surface area (Å²) in [5.74, 6) is -3.01. The fourth-order valence-corrected chi connectivity index (χ4v) is 3.20. The van der Waals surface area contributed by atoms with Gasteiger partial charge >= 0.3 is 11.7 Å². The molecule has 0 amide bonds. The third-order valence-corrected chi connectivity index (χ3v) is 5.37. The van der Waals surface area contributed by atoms with Crippen molar-refractivity contribution in [3.8, 4) is 0 Å². The van der Waals surface area contributed by atoms with Crippen LogP contribution < -0.4 is 15.1 Å². The molecule has 4 rings (SSSR count). The third kappa shape index (κ3) is 10.1. The average Bonchev–Trinajstić information content (AvgIpc) is 3.36. The molecule has 0 spiro atoms. The van der Waals surface area contributed by atoms with E-state index in [2.05, 4.69) is 45.0 Å². The van der Waals surface area contributed by atoms with Crippen molar-refractivity contribution in [2.45, 2.75) is 11.7 Å². The lowest BCUT2D eigenvalue weighted by Gasteiger charge is -2.08. The summed E-state index contributed by atoms with van der Waals surface area (Å²) in [6.07, 6.45) is -1.31. The van der Waals surface area contributed by atoms with Crippen LogP contribution in [-0.4, -0.2) is 30.6 Å². The molecule has 0 fully saturated rings. The Morgan fingerprint density at radius 3 is 1.39 bits per heavy atom. The van der Waals surface area contributed by atoms with Crippen LogP contribution in [0.15, 0.2) is 59.6 Å². The molecule has 0 atom stereocenters. The number of aromatic amines is 2. The van der Waals surface area contributed by atoms with Crippen molar-refractivity contribution < 1.29 is 59.2 Å². The van der Waals surface area contributed by atoms with Gasteiger partial charge in [-0.2, -0.15) is 26.3 Å². The van der Waals surface area contributed by atoms with Crippen molar-refractivity contribution in [3.05, 3.63) is 59.6 Å². The Kier molecular flexibility index (Phi) is 10.1. The molecule has 0 radical (unpaired) electrons. The van der Waals surface area contributed by atoms with E-state index in [-0.39, 0.29) is 0 Å². The molecule has 180 valence electrons. The number of alkyl halides is 6. The number of carbonyl (C=O) groups is 1. The van der Waals surface area contributed by atoms with Crippen molar-refractivity contribution in [2.75, 3.05) is 0 Å². The van der Waals surface area contributed by atoms with Crippen LogP contribution in [0, 0.1) is 0 Å². The molecule has 7 nitrogen and oxygen atoms in total. The molecule has 0 aliphatic rings. The van der Waals surface area contributed by atoms with Gasteiger partial charge in [0.15, 0.2) is 22.5 Å². The second-order valence-corrected chi connectivity index (χ2v) is 8.64. The summed E-state index contributed by atoms with van der Waals surface area (Å²) in [5, 5.41) is 15.5. The highest BCUT2D eigenvalue weighted by Gasteiger charge is 2.36. The first-order valence-corrected chi connectivity index (χ1v) is 11.3. The van der Waals surface area contributed by atoms with Gasteiger partial charge in [-0.1, -0.05) is 22.7 Å². The van der Waals surface area contributed by atoms with E-state index in [0.717, 1.165) is 0 Å². The van der Waals surface area contributed by atoms with E-state index < -0.39 is 27.8 Å². The number of H-pyrrole nitrogens is 2. The lowest BCUT2D eigenvalue weighted by Crippen LogP contribution is -2.37. The zero-order valence-corrected chi connectivity index (χ0v) is 18.3. The van der Waals surface area contributed by atoms with Gasteiger partial charge < -0.3 is 14.5 Å². The number of nitrogens with one attached hydrogen (secondary N) is 2. The molecular formula is C17H12F6N2O5S3. The summed E-state index contributed by atoms with van der Waals surface area (Å²) in [5.41, 5.74) is -5.65. The Bertz CT molecular complexity index is 1140. The van der Waals surface area contributed by atoms with Crippen LogP contribution >= 0.6 is 22.7 Å². The van der Waals surface area contributed by atoms with Crippen LogP contribution in [0.4, 0.5) is 26.3 Å². The minimum absolute atomic E-state index is 1.25. The Hall–Kier alpha value is -2.82. The van der Waals surface area contributed by atoms with Crippen LogP contribution in [0.5, 0.6) is 0 Å². The number of halogens is 6. The van der Waals surface area contributed by atoms with Crippen LogP contribution in [0.3, 0.4) is 0 Å². The predicted molar refractivity (Wildman–Crippen MR) is 104 cm³/mol. The molecule has 4 aromatic heterocycles. The van der Waals surface area contributed by atoms with E-state index in [1.807, 2.05) is 24.5 Å².